The molecule has 19 heteroatoms. The largest absolute Gasteiger partial charge is 0.377 e. The first-order chi connectivity index (χ1) is 41.1. The van der Waals surface area contributed by atoms with E-state index in [1.165, 1.54) is 41.7 Å². The summed E-state index contributed by atoms with van der Waals surface area (Å²) in [5.74, 6) is -0.0595. The van der Waals surface area contributed by atoms with Gasteiger partial charge < -0.3 is 27.2 Å². The SMILES string of the molecule is CN(C)c1cccc2c(S(=O)(=O)Oc3c4cc(C(C)(C)C)cc3Sc3cccc(c3OS(=O)(=O)c3cccc5c(N(C)C)cccc35)Sc3cc(C(C)(C)C)cc(c3OS(=O)(=O)c3cccc5c(N(C)C)cccc35)Sc3cccc(c3)S4)cccc12. The average molecular weight is 1290 g/mol. The van der Waals surface area contributed by atoms with Crippen LogP contribution in [0.2, 0.25) is 0 Å². The van der Waals surface area contributed by atoms with E-state index in [0.717, 1.165) is 62.5 Å². The van der Waals surface area contributed by atoms with E-state index in [2.05, 4.69) is 41.5 Å². The van der Waals surface area contributed by atoms with Crippen molar-refractivity contribution in [3.8, 4) is 17.2 Å². The van der Waals surface area contributed by atoms with E-state index in [1.54, 1.807) is 60.7 Å². The summed E-state index contributed by atoms with van der Waals surface area (Å²) in [5, 5.41) is 3.49. The van der Waals surface area contributed by atoms with Gasteiger partial charge in [0.15, 0.2) is 17.2 Å². The summed E-state index contributed by atoms with van der Waals surface area (Å²) in [6, 6.07) is 52.3. The summed E-state index contributed by atoms with van der Waals surface area (Å²) < 4.78 is 112. The highest BCUT2D eigenvalue weighted by atomic mass is 32.2. The average Bonchev–Trinajstić information content (AvgIpc) is 2.52. The van der Waals surface area contributed by atoms with Gasteiger partial charge in [-0.1, -0.05) is 174 Å². The Morgan fingerprint density at radius 2 is 0.575 bits per heavy atom. The van der Waals surface area contributed by atoms with Gasteiger partial charge in [-0.25, -0.2) is 0 Å². The maximum atomic E-state index is 15.5. The summed E-state index contributed by atoms with van der Waals surface area (Å²) in [6.07, 6.45) is 0. The van der Waals surface area contributed by atoms with Crippen LogP contribution in [0.25, 0.3) is 32.3 Å². The third kappa shape index (κ3) is 12.5. The van der Waals surface area contributed by atoms with E-state index in [1.807, 2.05) is 154 Å². The molecule has 8 bridgehead atoms. The molecule has 87 heavy (non-hydrogen) atoms. The van der Waals surface area contributed by atoms with Crippen molar-refractivity contribution in [2.45, 2.75) is 106 Å². The minimum absolute atomic E-state index is 0.0214. The van der Waals surface area contributed by atoms with E-state index in [-0.39, 0.29) is 41.7 Å². The monoisotopic (exact) mass is 1290 g/mol. The van der Waals surface area contributed by atoms with Crippen molar-refractivity contribution in [3.63, 3.8) is 0 Å². The lowest BCUT2D eigenvalue weighted by atomic mass is 9.87. The van der Waals surface area contributed by atoms with Crippen molar-refractivity contribution in [1.82, 2.24) is 0 Å². The van der Waals surface area contributed by atoms with Crippen molar-refractivity contribution in [2.75, 3.05) is 57.0 Å². The summed E-state index contributed by atoms with van der Waals surface area (Å²) in [5.41, 5.74) is 3.13. The number of nitrogens with zero attached hydrogens (tertiary/aromatic N) is 3. The fourth-order valence-corrected chi connectivity index (χ4v) is 18.7. The van der Waals surface area contributed by atoms with Gasteiger partial charge in [-0.05, 0) is 113 Å². The van der Waals surface area contributed by atoms with E-state index in [0.29, 0.717) is 50.9 Å². The van der Waals surface area contributed by atoms with Crippen molar-refractivity contribution < 1.29 is 37.8 Å². The third-order valence-electron chi connectivity index (χ3n) is 14.8. The molecule has 448 valence electrons. The predicted octanol–water partition coefficient (Wildman–Crippen LogP) is 17.2. The summed E-state index contributed by atoms with van der Waals surface area (Å²) in [6.45, 7) is 12.4. The summed E-state index contributed by atoms with van der Waals surface area (Å²) in [4.78, 5) is 9.22. The Morgan fingerprint density at radius 1 is 0.310 bits per heavy atom. The van der Waals surface area contributed by atoms with Crippen molar-refractivity contribution in [1.29, 1.82) is 0 Å². The Hall–Kier alpha value is -6.97. The van der Waals surface area contributed by atoms with Crippen LogP contribution in [0.3, 0.4) is 0 Å². The molecule has 11 rings (SSSR count). The molecule has 0 radical (unpaired) electrons. The zero-order valence-corrected chi connectivity index (χ0v) is 55.8. The second-order valence-electron chi connectivity index (χ2n) is 23.8. The van der Waals surface area contributed by atoms with E-state index in [4.69, 9.17) is 12.5 Å². The van der Waals surface area contributed by atoms with Gasteiger partial charge in [0, 0.05) is 101 Å². The Morgan fingerprint density at radius 3 is 0.885 bits per heavy atom. The van der Waals surface area contributed by atoms with Crippen LogP contribution in [0.5, 0.6) is 17.2 Å². The molecular weight excluding hydrogens is 1230 g/mol. The van der Waals surface area contributed by atoms with Gasteiger partial charge in [-0.2, -0.15) is 25.3 Å². The molecular formula is C68H65N3O9S7. The maximum Gasteiger partial charge on any atom is 0.339 e. The molecule has 1 heterocycles. The molecule has 0 N–H and O–H groups in total. The molecule has 0 atom stereocenters. The highest BCUT2D eigenvalue weighted by molar-refractivity contribution is 8.01. The lowest BCUT2D eigenvalue weighted by Crippen LogP contribution is -2.15. The molecule has 1 aliphatic heterocycles. The van der Waals surface area contributed by atoms with Crippen molar-refractivity contribution in [3.05, 3.63) is 187 Å². The predicted molar refractivity (Wildman–Crippen MR) is 358 cm³/mol. The van der Waals surface area contributed by atoms with Crippen LogP contribution in [-0.4, -0.2) is 67.5 Å². The van der Waals surface area contributed by atoms with Crippen LogP contribution in [0.4, 0.5) is 17.1 Å². The molecule has 0 saturated carbocycles. The van der Waals surface area contributed by atoms with Crippen LogP contribution < -0.4 is 27.2 Å². The quantitative estimate of drug-likeness (QED) is 0.107. The van der Waals surface area contributed by atoms with Gasteiger partial charge in [-0.3, -0.25) is 0 Å². The Bertz CT molecular complexity index is 4520. The standard InChI is InChI=1S/C68H65N3O9S7/c1-67(2,3)42-37-57-65(79-86(74,75)62-35-18-24-47-50(62)27-15-30-53(47)70(9)10)59(39-42)83-55-32-20-33-56(64(55)78-85(72,73)61-34-17-23-46-49(61)26-14-29-52(46)69(7)8)84-60-40-43(68(4,5)6)38-58(82-45-22-13-21-44(41-45)81-57)66(60)80-87(76,77)63-36-19-25-48-51(63)28-16-31-54(48)71(11)12/h13-41H,1-12H3. The molecule has 0 fully saturated rings. The van der Waals surface area contributed by atoms with Gasteiger partial charge in [0.25, 0.3) is 0 Å². The first-order valence-corrected chi connectivity index (χ1v) is 35.3. The van der Waals surface area contributed by atoms with E-state index in [9.17, 15) is 0 Å². The Labute approximate surface area is 528 Å². The number of para-hydroxylation sites is 1. The van der Waals surface area contributed by atoms with Crippen LogP contribution in [0.1, 0.15) is 52.7 Å². The lowest BCUT2D eigenvalue weighted by molar-refractivity contribution is 0.471. The van der Waals surface area contributed by atoms with Crippen LogP contribution in [-0.2, 0) is 41.2 Å². The van der Waals surface area contributed by atoms with Gasteiger partial charge in [0.1, 0.15) is 14.7 Å². The zero-order valence-electron chi connectivity index (χ0n) is 50.1. The van der Waals surface area contributed by atoms with Gasteiger partial charge >= 0.3 is 30.4 Å². The number of rotatable bonds is 12. The van der Waals surface area contributed by atoms with Crippen molar-refractivity contribution >= 4 is 127 Å². The molecule has 0 unspecified atom stereocenters. The first kappa shape index (κ1) is 61.7. The lowest BCUT2D eigenvalue weighted by Gasteiger charge is -2.25. The minimum atomic E-state index is -4.75. The molecule has 10 aromatic carbocycles. The molecule has 0 aliphatic carbocycles. The second-order valence-corrected chi connectivity index (χ2v) is 32.7. The highest BCUT2D eigenvalue weighted by Crippen LogP contribution is 2.55. The minimum Gasteiger partial charge on any atom is -0.377 e. The summed E-state index contributed by atoms with van der Waals surface area (Å²) in [7, 11) is -2.66. The molecule has 0 amide bonds. The smallest absolute Gasteiger partial charge is 0.339 e. The molecule has 0 saturated heterocycles. The number of hydrogen-bond donors (Lipinski definition) is 0. The van der Waals surface area contributed by atoms with Crippen molar-refractivity contribution in [2.24, 2.45) is 0 Å². The zero-order chi connectivity index (χ0) is 62.1. The third-order valence-corrected chi connectivity index (χ3v) is 22.8. The van der Waals surface area contributed by atoms with Gasteiger partial charge in [0.05, 0.1) is 29.4 Å². The Kier molecular flexibility index (Phi) is 16.7. The van der Waals surface area contributed by atoms with Gasteiger partial charge in [0.2, 0.25) is 0 Å². The van der Waals surface area contributed by atoms with Crippen LogP contribution in [0.15, 0.2) is 230 Å². The normalized spacial score (nSPS) is 13.1. The molecule has 0 spiro atoms. The molecule has 12 nitrogen and oxygen atoms in total. The maximum absolute atomic E-state index is 15.5. The number of hydrogen-bond acceptors (Lipinski definition) is 16. The van der Waals surface area contributed by atoms with Crippen LogP contribution in [0, 0.1) is 0 Å². The topological polar surface area (TPSA) is 140 Å². The fourth-order valence-electron chi connectivity index (χ4n) is 10.4. The first-order valence-electron chi connectivity index (χ1n) is 27.8. The second kappa shape index (κ2) is 23.5. The van der Waals surface area contributed by atoms with E-state index >= 15 is 25.3 Å². The number of anilines is 3. The van der Waals surface area contributed by atoms with Crippen LogP contribution >= 0.6 is 47.0 Å². The number of benzene rings is 10. The molecule has 1 aliphatic rings. The van der Waals surface area contributed by atoms with E-state index < -0.39 is 41.2 Å². The van der Waals surface area contributed by atoms with Gasteiger partial charge in [-0.15, -0.1) is 0 Å². The summed E-state index contributed by atoms with van der Waals surface area (Å²) >= 11 is 4.80. The Balaban J connectivity index is 1.18. The fraction of sp³-hybridized carbons (Fsp3) is 0.206. The highest BCUT2D eigenvalue weighted by Gasteiger charge is 2.33. The molecule has 10 aromatic rings. The number of fused-ring (bicyclic) bond motifs is 11. The molecule has 0 aromatic heterocycles.